The molecule has 0 aliphatic heterocycles. The normalized spacial score (nSPS) is 14.1. The Labute approximate surface area is 103 Å². The smallest absolute Gasteiger partial charge is 0.323 e. The molecule has 0 saturated carbocycles. The van der Waals surface area contributed by atoms with Crippen LogP contribution >= 0.6 is 0 Å². The molecule has 0 fully saturated rings. The summed E-state index contributed by atoms with van der Waals surface area (Å²) in [4.78, 5) is 11.7. The van der Waals surface area contributed by atoms with Crippen LogP contribution in [0, 0.1) is 0 Å². The quantitative estimate of drug-likeness (QED) is 0.768. The second kappa shape index (κ2) is 7.07. The number of carbonyl (C=O) groups excluding carboxylic acids is 1. The SMILES string of the molecule is CC[C@H](NC)C(=O)OC(C)Cc1ccccc1. The predicted molar refractivity (Wildman–Crippen MR) is 68.8 cm³/mol. The summed E-state index contributed by atoms with van der Waals surface area (Å²) in [6.45, 7) is 3.89. The molecular weight excluding hydrogens is 214 g/mol. The van der Waals surface area contributed by atoms with Crippen LogP contribution in [-0.2, 0) is 16.0 Å². The van der Waals surface area contributed by atoms with Crippen LogP contribution < -0.4 is 5.32 Å². The highest BCUT2D eigenvalue weighted by molar-refractivity contribution is 5.75. The van der Waals surface area contributed by atoms with Gasteiger partial charge >= 0.3 is 5.97 Å². The Morgan fingerprint density at radius 1 is 1.35 bits per heavy atom. The highest BCUT2D eigenvalue weighted by Crippen LogP contribution is 2.07. The van der Waals surface area contributed by atoms with Gasteiger partial charge in [0, 0.05) is 6.42 Å². The fourth-order valence-electron chi connectivity index (χ4n) is 1.76. The Kier molecular flexibility index (Phi) is 5.70. The molecule has 3 heteroatoms. The van der Waals surface area contributed by atoms with Gasteiger partial charge in [-0.1, -0.05) is 37.3 Å². The molecule has 2 atom stereocenters. The number of hydrogen-bond acceptors (Lipinski definition) is 3. The molecule has 0 heterocycles. The zero-order valence-corrected chi connectivity index (χ0v) is 10.8. The minimum absolute atomic E-state index is 0.0905. The standard InChI is InChI=1S/C14H21NO2/c1-4-13(15-3)14(16)17-11(2)10-12-8-6-5-7-9-12/h5-9,11,13,15H,4,10H2,1-3H3/t11?,13-/m0/s1. The Morgan fingerprint density at radius 2 is 2.00 bits per heavy atom. The molecule has 0 saturated heterocycles. The summed E-state index contributed by atoms with van der Waals surface area (Å²) in [5.74, 6) is -0.168. The van der Waals surface area contributed by atoms with E-state index in [1.54, 1.807) is 7.05 Å². The molecule has 17 heavy (non-hydrogen) atoms. The van der Waals surface area contributed by atoms with Crippen molar-refractivity contribution in [3.05, 3.63) is 35.9 Å². The Balaban J connectivity index is 2.44. The largest absolute Gasteiger partial charge is 0.461 e. The lowest BCUT2D eigenvalue weighted by molar-refractivity contribution is -0.150. The van der Waals surface area contributed by atoms with Gasteiger partial charge in [-0.15, -0.1) is 0 Å². The zero-order valence-electron chi connectivity index (χ0n) is 10.8. The molecule has 3 nitrogen and oxygen atoms in total. The van der Waals surface area contributed by atoms with Gasteiger partial charge in [-0.25, -0.2) is 0 Å². The van der Waals surface area contributed by atoms with Crippen molar-refractivity contribution in [2.75, 3.05) is 7.05 Å². The molecule has 94 valence electrons. The van der Waals surface area contributed by atoms with E-state index >= 15 is 0 Å². The lowest BCUT2D eigenvalue weighted by atomic mass is 10.1. The summed E-state index contributed by atoms with van der Waals surface area (Å²) in [6.07, 6.45) is 1.41. The lowest BCUT2D eigenvalue weighted by Gasteiger charge is -2.18. The topological polar surface area (TPSA) is 38.3 Å². The average Bonchev–Trinajstić information content (AvgIpc) is 2.31. The molecule has 0 aliphatic rings. The summed E-state index contributed by atoms with van der Waals surface area (Å²) in [5, 5.41) is 2.95. The minimum Gasteiger partial charge on any atom is -0.461 e. The number of benzene rings is 1. The lowest BCUT2D eigenvalue weighted by Crippen LogP contribution is -2.36. The molecule has 0 bridgehead atoms. The first-order chi connectivity index (χ1) is 8.17. The summed E-state index contributed by atoms with van der Waals surface area (Å²) >= 11 is 0. The first-order valence-corrected chi connectivity index (χ1v) is 6.09. The number of nitrogens with one attached hydrogen (secondary N) is 1. The summed E-state index contributed by atoms with van der Waals surface area (Å²) in [7, 11) is 1.78. The number of rotatable bonds is 6. The van der Waals surface area contributed by atoms with Crippen LogP contribution in [0.25, 0.3) is 0 Å². The van der Waals surface area contributed by atoms with E-state index in [0.29, 0.717) is 0 Å². The second-order valence-electron chi connectivity index (χ2n) is 4.19. The molecule has 0 spiro atoms. The van der Waals surface area contributed by atoms with Gasteiger partial charge in [-0.05, 0) is 26.0 Å². The highest BCUT2D eigenvalue weighted by Gasteiger charge is 2.18. The number of carbonyl (C=O) groups is 1. The third-order valence-corrected chi connectivity index (χ3v) is 2.72. The molecule has 1 rings (SSSR count). The van der Waals surface area contributed by atoms with Crippen LogP contribution in [0.15, 0.2) is 30.3 Å². The summed E-state index contributed by atoms with van der Waals surface area (Å²) in [6, 6.07) is 9.85. The third kappa shape index (κ3) is 4.57. The van der Waals surface area contributed by atoms with E-state index in [4.69, 9.17) is 4.74 Å². The van der Waals surface area contributed by atoms with Crippen molar-refractivity contribution in [1.82, 2.24) is 5.32 Å². The molecule has 1 aromatic carbocycles. The molecular formula is C14H21NO2. The van der Waals surface area contributed by atoms with Crippen molar-refractivity contribution < 1.29 is 9.53 Å². The maximum Gasteiger partial charge on any atom is 0.323 e. The van der Waals surface area contributed by atoms with Crippen LogP contribution in [0.1, 0.15) is 25.8 Å². The van der Waals surface area contributed by atoms with Crippen LogP contribution in [0.4, 0.5) is 0 Å². The number of hydrogen-bond donors (Lipinski definition) is 1. The molecule has 0 aliphatic carbocycles. The fraction of sp³-hybridized carbons (Fsp3) is 0.500. The van der Waals surface area contributed by atoms with Crippen molar-refractivity contribution in [2.45, 2.75) is 38.8 Å². The van der Waals surface area contributed by atoms with E-state index in [1.807, 2.05) is 44.2 Å². The Hall–Kier alpha value is -1.35. The van der Waals surface area contributed by atoms with Gasteiger partial charge in [0.05, 0.1) is 0 Å². The van der Waals surface area contributed by atoms with Crippen LogP contribution in [0.3, 0.4) is 0 Å². The monoisotopic (exact) mass is 235 g/mol. The molecule has 0 radical (unpaired) electrons. The van der Waals surface area contributed by atoms with Crippen LogP contribution in [0.2, 0.25) is 0 Å². The maximum atomic E-state index is 11.7. The molecule has 1 N–H and O–H groups in total. The minimum atomic E-state index is -0.201. The third-order valence-electron chi connectivity index (χ3n) is 2.72. The van der Waals surface area contributed by atoms with Crippen molar-refractivity contribution in [3.63, 3.8) is 0 Å². The summed E-state index contributed by atoms with van der Waals surface area (Å²) in [5.41, 5.74) is 1.19. The first kappa shape index (κ1) is 13.7. The molecule has 1 aromatic rings. The van der Waals surface area contributed by atoms with Crippen molar-refractivity contribution in [3.8, 4) is 0 Å². The van der Waals surface area contributed by atoms with E-state index in [0.717, 1.165) is 12.8 Å². The van der Waals surface area contributed by atoms with E-state index in [9.17, 15) is 4.79 Å². The molecule has 0 amide bonds. The van der Waals surface area contributed by atoms with Crippen molar-refractivity contribution in [1.29, 1.82) is 0 Å². The first-order valence-electron chi connectivity index (χ1n) is 6.09. The maximum absolute atomic E-state index is 11.7. The average molecular weight is 235 g/mol. The highest BCUT2D eigenvalue weighted by atomic mass is 16.5. The van der Waals surface area contributed by atoms with Crippen molar-refractivity contribution in [2.24, 2.45) is 0 Å². The number of esters is 1. The van der Waals surface area contributed by atoms with Gasteiger partial charge in [0.25, 0.3) is 0 Å². The van der Waals surface area contributed by atoms with E-state index in [2.05, 4.69) is 5.32 Å². The van der Waals surface area contributed by atoms with Crippen LogP contribution in [-0.4, -0.2) is 25.2 Å². The fourth-order valence-corrected chi connectivity index (χ4v) is 1.76. The van der Waals surface area contributed by atoms with Gasteiger partial charge < -0.3 is 10.1 Å². The van der Waals surface area contributed by atoms with Crippen molar-refractivity contribution >= 4 is 5.97 Å². The number of ether oxygens (including phenoxy) is 1. The Bertz CT molecular complexity index is 333. The van der Waals surface area contributed by atoms with E-state index in [-0.39, 0.29) is 18.1 Å². The molecule has 1 unspecified atom stereocenters. The summed E-state index contributed by atoms with van der Waals surface area (Å²) < 4.78 is 5.40. The predicted octanol–water partition coefficient (Wildman–Crippen LogP) is 2.16. The van der Waals surface area contributed by atoms with Gasteiger partial charge in [-0.3, -0.25) is 4.79 Å². The van der Waals surface area contributed by atoms with Gasteiger partial charge in [0.1, 0.15) is 12.1 Å². The van der Waals surface area contributed by atoms with Gasteiger partial charge in [0.15, 0.2) is 0 Å². The van der Waals surface area contributed by atoms with Gasteiger partial charge in [-0.2, -0.15) is 0 Å². The molecule has 0 aromatic heterocycles. The number of likely N-dealkylation sites (N-methyl/N-ethyl adjacent to an activating group) is 1. The van der Waals surface area contributed by atoms with Gasteiger partial charge in [0.2, 0.25) is 0 Å². The zero-order chi connectivity index (χ0) is 12.7. The van der Waals surface area contributed by atoms with Crippen LogP contribution in [0.5, 0.6) is 0 Å². The Morgan fingerprint density at radius 3 is 2.53 bits per heavy atom. The second-order valence-corrected chi connectivity index (χ2v) is 4.19. The van der Waals surface area contributed by atoms with E-state index < -0.39 is 0 Å². The van der Waals surface area contributed by atoms with E-state index in [1.165, 1.54) is 5.56 Å².